The van der Waals surface area contributed by atoms with Crippen LogP contribution in [0.1, 0.15) is 39.3 Å². The molecule has 3 nitrogen and oxygen atoms in total. The van der Waals surface area contributed by atoms with Gasteiger partial charge in [0.25, 0.3) is 0 Å². The van der Waals surface area contributed by atoms with Crippen LogP contribution in [0.4, 0.5) is 5.82 Å². The van der Waals surface area contributed by atoms with E-state index in [1.807, 2.05) is 12.1 Å². The van der Waals surface area contributed by atoms with Crippen molar-refractivity contribution >= 4 is 17.4 Å². The van der Waals surface area contributed by atoms with E-state index in [1.54, 1.807) is 0 Å². The Labute approximate surface area is 127 Å². The molecule has 0 amide bonds. The minimum atomic E-state index is 0.638. The first-order valence-corrected chi connectivity index (χ1v) is 8.09. The molecular weight excluding hydrogens is 270 g/mol. The van der Waals surface area contributed by atoms with Crippen LogP contribution >= 0.6 is 11.6 Å². The van der Waals surface area contributed by atoms with Crippen molar-refractivity contribution in [2.45, 2.75) is 40.2 Å². The predicted molar refractivity (Wildman–Crippen MR) is 86.4 cm³/mol. The van der Waals surface area contributed by atoms with Crippen LogP contribution < -0.4 is 10.2 Å². The molecule has 0 aromatic carbocycles. The van der Waals surface area contributed by atoms with Crippen LogP contribution in [0.3, 0.4) is 0 Å². The highest BCUT2D eigenvalue weighted by molar-refractivity contribution is 6.31. The van der Waals surface area contributed by atoms with Crippen molar-refractivity contribution in [1.82, 2.24) is 10.3 Å². The van der Waals surface area contributed by atoms with Crippen molar-refractivity contribution in [3.8, 4) is 0 Å². The lowest BCUT2D eigenvalue weighted by Gasteiger charge is -2.22. The average molecular weight is 296 g/mol. The van der Waals surface area contributed by atoms with Crippen molar-refractivity contribution in [2.24, 2.45) is 11.8 Å². The molecule has 1 aromatic heterocycles. The van der Waals surface area contributed by atoms with Gasteiger partial charge in [-0.05, 0) is 50.3 Å². The van der Waals surface area contributed by atoms with Crippen LogP contribution in [0.15, 0.2) is 12.1 Å². The Bertz CT molecular complexity index is 430. The number of pyridine rings is 1. The lowest BCUT2D eigenvalue weighted by Crippen LogP contribution is -2.27. The lowest BCUT2D eigenvalue weighted by molar-refractivity contribution is 0.548. The molecule has 0 spiro atoms. The van der Waals surface area contributed by atoms with E-state index in [0.29, 0.717) is 5.92 Å². The Morgan fingerprint density at radius 2 is 2.15 bits per heavy atom. The molecule has 0 unspecified atom stereocenters. The van der Waals surface area contributed by atoms with Gasteiger partial charge in [-0.25, -0.2) is 4.98 Å². The van der Waals surface area contributed by atoms with Crippen molar-refractivity contribution < 1.29 is 0 Å². The molecule has 1 saturated carbocycles. The summed E-state index contributed by atoms with van der Waals surface area (Å²) in [7, 11) is 0. The zero-order valence-electron chi connectivity index (χ0n) is 12.8. The number of hydrogen-bond donors (Lipinski definition) is 1. The summed E-state index contributed by atoms with van der Waals surface area (Å²) >= 11 is 6.26. The molecule has 1 aromatic rings. The normalized spacial score (nSPS) is 14.8. The molecule has 0 radical (unpaired) electrons. The number of nitrogens with one attached hydrogen (secondary N) is 1. The molecule has 1 aliphatic carbocycles. The quantitative estimate of drug-likeness (QED) is 0.792. The van der Waals surface area contributed by atoms with Gasteiger partial charge in [0.2, 0.25) is 0 Å². The van der Waals surface area contributed by atoms with E-state index in [9.17, 15) is 0 Å². The third-order valence-electron chi connectivity index (χ3n) is 3.63. The smallest absolute Gasteiger partial charge is 0.128 e. The fraction of sp³-hybridized carbons (Fsp3) is 0.688. The van der Waals surface area contributed by atoms with Gasteiger partial charge in [0.1, 0.15) is 5.82 Å². The van der Waals surface area contributed by atoms with Gasteiger partial charge in [-0.3, -0.25) is 0 Å². The fourth-order valence-electron chi connectivity index (χ4n) is 2.25. The maximum atomic E-state index is 6.26. The fourth-order valence-corrected chi connectivity index (χ4v) is 2.42. The molecule has 0 bridgehead atoms. The topological polar surface area (TPSA) is 28.2 Å². The highest BCUT2D eigenvalue weighted by Crippen LogP contribution is 2.31. The monoisotopic (exact) mass is 295 g/mol. The third kappa shape index (κ3) is 4.64. The molecule has 4 heteroatoms. The van der Waals surface area contributed by atoms with E-state index in [-0.39, 0.29) is 0 Å². The van der Waals surface area contributed by atoms with Crippen LogP contribution in [0, 0.1) is 11.8 Å². The Morgan fingerprint density at radius 1 is 1.40 bits per heavy atom. The summed E-state index contributed by atoms with van der Waals surface area (Å²) in [5, 5.41) is 4.17. The lowest BCUT2D eigenvalue weighted by atomic mass is 10.2. The van der Waals surface area contributed by atoms with Crippen molar-refractivity contribution in [1.29, 1.82) is 0 Å². The minimum absolute atomic E-state index is 0.638. The number of rotatable bonds is 8. The maximum absolute atomic E-state index is 6.26. The van der Waals surface area contributed by atoms with Gasteiger partial charge in [-0.1, -0.05) is 25.4 Å². The van der Waals surface area contributed by atoms with Gasteiger partial charge in [-0.2, -0.15) is 0 Å². The van der Waals surface area contributed by atoms with Crippen LogP contribution in [0.25, 0.3) is 0 Å². The Hall–Kier alpha value is -0.800. The van der Waals surface area contributed by atoms with E-state index in [1.165, 1.54) is 12.8 Å². The maximum Gasteiger partial charge on any atom is 0.128 e. The predicted octanol–water partition coefficient (Wildman–Crippen LogP) is 3.72. The highest BCUT2D eigenvalue weighted by Gasteiger charge is 2.24. The SMILES string of the molecule is CCN(CC1CC1)c1ccc(Cl)c(CNCC(C)C)n1. The third-order valence-corrected chi connectivity index (χ3v) is 3.97. The molecule has 1 fully saturated rings. The van der Waals surface area contributed by atoms with Gasteiger partial charge >= 0.3 is 0 Å². The van der Waals surface area contributed by atoms with Crippen LogP contribution in [-0.4, -0.2) is 24.6 Å². The van der Waals surface area contributed by atoms with Crippen molar-refractivity contribution in [3.05, 3.63) is 22.8 Å². The van der Waals surface area contributed by atoms with Gasteiger partial charge in [0, 0.05) is 19.6 Å². The van der Waals surface area contributed by atoms with E-state index in [0.717, 1.165) is 48.6 Å². The molecule has 0 saturated heterocycles. The second-order valence-corrected chi connectivity index (χ2v) is 6.51. The summed E-state index contributed by atoms with van der Waals surface area (Å²) < 4.78 is 0. The van der Waals surface area contributed by atoms with Gasteiger partial charge in [0.05, 0.1) is 10.7 Å². The zero-order chi connectivity index (χ0) is 14.5. The first kappa shape index (κ1) is 15.6. The molecule has 1 aliphatic rings. The second kappa shape index (κ2) is 7.28. The van der Waals surface area contributed by atoms with Crippen molar-refractivity contribution in [2.75, 3.05) is 24.5 Å². The summed E-state index contributed by atoms with van der Waals surface area (Å²) in [6, 6.07) is 4.02. The van der Waals surface area contributed by atoms with Crippen LogP contribution in [0.5, 0.6) is 0 Å². The number of anilines is 1. The standard InChI is InChI=1S/C16H26ClN3/c1-4-20(11-13-5-6-13)16-8-7-14(17)15(19-16)10-18-9-12(2)3/h7-8,12-13,18H,4-6,9-11H2,1-3H3. The summed E-state index contributed by atoms with van der Waals surface area (Å²) in [6.45, 7) is 10.5. The van der Waals surface area contributed by atoms with Crippen LogP contribution in [0.2, 0.25) is 5.02 Å². The first-order valence-electron chi connectivity index (χ1n) is 7.71. The first-order chi connectivity index (χ1) is 9.60. The largest absolute Gasteiger partial charge is 0.357 e. The molecular formula is C16H26ClN3. The Balaban J connectivity index is 2.01. The summed E-state index contributed by atoms with van der Waals surface area (Å²) in [4.78, 5) is 7.11. The number of hydrogen-bond acceptors (Lipinski definition) is 3. The molecule has 2 rings (SSSR count). The van der Waals surface area contributed by atoms with Crippen molar-refractivity contribution in [3.63, 3.8) is 0 Å². The molecule has 1 heterocycles. The molecule has 1 N–H and O–H groups in total. The average Bonchev–Trinajstić information content (AvgIpc) is 3.22. The van der Waals surface area contributed by atoms with E-state index >= 15 is 0 Å². The summed E-state index contributed by atoms with van der Waals surface area (Å²) in [6.07, 6.45) is 2.74. The summed E-state index contributed by atoms with van der Waals surface area (Å²) in [5.74, 6) is 2.57. The van der Waals surface area contributed by atoms with Gasteiger partial charge < -0.3 is 10.2 Å². The number of halogens is 1. The highest BCUT2D eigenvalue weighted by atomic mass is 35.5. The van der Waals surface area contributed by atoms with E-state index in [2.05, 4.69) is 31.0 Å². The summed E-state index contributed by atoms with van der Waals surface area (Å²) in [5.41, 5.74) is 0.957. The van der Waals surface area contributed by atoms with Crippen LogP contribution in [-0.2, 0) is 6.54 Å². The van der Waals surface area contributed by atoms with E-state index < -0.39 is 0 Å². The minimum Gasteiger partial charge on any atom is -0.357 e. The van der Waals surface area contributed by atoms with Gasteiger partial charge in [-0.15, -0.1) is 0 Å². The number of aromatic nitrogens is 1. The van der Waals surface area contributed by atoms with E-state index in [4.69, 9.17) is 16.6 Å². The zero-order valence-corrected chi connectivity index (χ0v) is 13.6. The Morgan fingerprint density at radius 3 is 2.75 bits per heavy atom. The Kier molecular flexibility index (Phi) is 5.67. The second-order valence-electron chi connectivity index (χ2n) is 6.10. The van der Waals surface area contributed by atoms with Gasteiger partial charge in [0.15, 0.2) is 0 Å². The molecule has 0 atom stereocenters. The number of nitrogens with zero attached hydrogens (tertiary/aromatic N) is 2. The molecule has 0 aliphatic heterocycles. The molecule has 20 heavy (non-hydrogen) atoms. The molecule has 112 valence electrons.